The first-order chi connectivity index (χ1) is 16.9. The van der Waals surface area contributed by atoms with Gasteiger partial charge in [0.15, 0.2) is 0 Å². The van der Waals surface area contributed by atoms with Gasteiger partial charge in [0.1, 0.15) is 22.2 Å². The van der Waals surface area contributed by atoms with E-state index in [0.29, 0.717) is 48.6 Å². The van der Waals surface area contributed by atoms with Crippen molar-refractivity contribution in [3.05, 3.63) is 82.1 Å². The molecular formula is C25H19Cl2F2N5O. The first-order valence-corrected chi connectivity index (χ1v) is 11.9. The van der Waals surface area contributed by atoms with E-state index < -0.39 is 17.0 Å². The summed E-state index contributed by atoms with van der Waals surface area (Å²) in [6.45, 7) is 1.13. The van der Waals surface area contributed by atoms with E-state index in [1.54, 1.807) is 23.2 Å². The molecule has 4 heterocycles. The number of hydrogen-bond donors (Lipinski definition) is 1. The number of hydrogen-bond acceptors (Lipinski definition) is 4. The molecule has 0 radical (unpaired) electrons. The summed E-state index contributed by atoms with van der Waals surface area (Å²) in [6.07, 6.45) is 2.84. The summed E-state index contributed by atoms with van der Waals surface area (Å²) in [5.74, 6) is -0.503. The van der Waals surface area contributed by atoms with Crippen LogP contribution in [-0.2, 0) is 4.79 Å². The van der Waals surface area contributed by atoms with E-state index in [9.17, 15) is 13.6 Å². The third kappa shape index (κ3) is 3.38. The summed E-state index contributed by atoms with van der Waals surface area (Å²) in [4.78, 5) is 29.6. The Labute approximate surface area is 209 Å². The zero-order valence-electron chi connectivity index (χ0n) is 18.3. The van der Waals surface area contributed by atoms with E-state index in [2.05, 4.69) is 15.0 Å². The van der Waals surface area contributed by atoms with Crippen molar-refractivity contribution in [2.45, 2.75) is 18.9 Å². The third-order valence-corrected chi connectivity index (χ3v) is 7.71. The highest BCUT2D eigenvalue weighted by Gasteiger charge is 2.62. The third-order valence-electron chi connectivity index (χ3n) is 7.06. The minimum atomic E-state index is -0.651. The molecular weight excluding hydrogens is 495 g/mol. The molecule has 2 aliphatic heterocycles. The van der Waals surface area contributed by atoms with E-state index in [0.717, 1.165) is 5.69 Å². The Hall–Kier alpha value is -3.23. The number of halogens is 4. The normalized spacial score (nSPS) is 19.4. The Balaban J connectivity index is 1.31. The smallest absolute Gasteiger partial charge is 0.236 e. The van der Waals surface area contributed by atoms with E-state index >= 15 is 0 Å². The molecule has 1 spiro atoms. The van der Waals surface area contributed by atoms with Gasteiger partial charge in [-0.2, -0.15) is 0 Å². The first kappa shape index (κ1) is 22.2. The Morgan fingerprint density at radius 2 is 1.80 bits per heavy atom. The minimum Gasteiger partial charge on any atom is -0.342 e. The van der Waals surface area contributed by atoms with Crippen molar-refractivity contribution >= 4 is 51.8 Å². The van der Waals surface area contributed by atoms with E-state index in [1.807, 2.05) is 23.1 Å². The summed E-state index contributed by atoms with van der Waals surface area (Å²) in [6, 6.07) is 12.5. The van der Waals surface area contributed by atoms with Crippen molar-refractivity contribution in [2.24, 2.45) is 5.41 Å². The number of rotatable bonds is 3. The molecule has 2 saturated heterocycles. The van der Waals surface area contributed by atoms with Gasteiger partial charge in [-0.1, -0.05) is 29.3 Å². The van der Waals surface area contributed by atoms with Gasteiger partial charge >= 0.3 is 0 Å². The molecule has 1 unspecified atom stereocenters. The quantitative estimate of drug-likeness (QED) is 0.345. The Morgan fingerprint density at radius 1 is 1.03 bits per heavy atom. The maximum atomic E-state index is 13.8. The number of benzene rings is 2. The number of H-pyrrole nitrogens is 1. The lowest BCUT2D eigenvalue weighted by molar-refractivity contribution is -0.142. The number of anilines is 2. The number of aromatic amines is 1. The number of imidazole rings is 1. The second kappa shape index (κ2) is 8.17. The molecule has 6 rings (SSSR count). The van der Waals surface area contributed by atoms with Crippen molar-refractivity contribution in [1.29, 1.82) is 0 Å². The molecule has 35 heavy (non-hydrogen) atoms. The van der Waals surface area contributed by atoms with Crippen LogP contribution in [0.2, 0.25) is 10.0 Å². The number of piperidine rings is 1. The van der Waals surface area contributed by atoms with Gasteiger partial charge in [-0.05, 0) is 55.3 Å². The molecule has 2 aliphatic rings. The van der Waals surface area contributed by atoms with Crippen molar-refractivity contribution in [3.8, 4) is 0 Å². The lowest BCUT2D eigenvalue weighted by Crippen LogP contribution is -2.67. The van der Waals surface area contributed by atoms with Gasteiger partial charge in [0, 0.05) is 25.0 Å². The van der Waals surface area contributed by atoms with Crippen molar-refractivity contribution in [1.82, 2.24) is 15.0 Å². The highest BCUT2D eigenvalue weighted by Crippen LogP contribution is 2.57. The van der Waals surface area contributed by atoms with Gasteiger partial charge < -0.3 is 14.8 Å². The van der Waals surface area contributed by atoms with Gasteiger partial charge in [-0.3, -0.25) is 9.78 Å². The number of aromatic nitrogens is 3. The highest BCUT2D eigenvalue weighted by molar-refractivity contribution is 6.35. The van der Waals surface area contributed by atoms with Gasteiger partial charge in [0.05, 0.1) is 27.7 Å². The van der Waals surface area contributed by atoms with Crippen LogP contribution < -0.4 is 9.80 Å². The SMILES string of the molecule is O=C1N(c2ccc(F)c(Cl)c2)C(c2ccccn2)C12CCN(c1nc3c(Cl)c(F)ccc3[nH]1)CC2. The second-order valence-electron chi connectivity index (χ2n) is 8.89. The minimum absolute atomic E-state index is 0.0172. The molecule has 1 N–H and O–H groups in total. The maximum absolute atomic E-state index is 13.8. The summed E-state index contributed by atoms with van der Waals surface area (Å²) in [5, 5.41) is -0.0534. The second-order valence-corrected chi connectivity index (χ2v) is 9.68. The fourth-order valence-corrected chi connectivity index (χ4v) is 5.65. The number of pyridine rings is 1. The van der Waals surface area contributed by atoms with E-state index in [1.165, 1.54) is 18.2 Å². The standard InChI is InChI=1S/C25H19Cl2F2N5O/c26-15-13-14(4-5-16(15)28)34-22(19-3-1-2-10-30-19)25(23(34)35)8-11-33(12-9-25)24-31-18-7-6-17(29)20(27)21(18)32-24/h1-7,10,13,22H,8-9,11-12H2,(H,31,32). The van der Waals surface area contributed by atoms with E-state index in [4.69, 9.17) is 23.2 Å². The topological polar surface area (TPSA) is 65.1 Å². The van der Waals surface area contributed by atoms with Crippen LogP contribution in [0.25, 0.3) is 11.0 Å². The largest absolute Gasteiger partial charge is 0.342 e. The average molecular weight is 514 g/mol. The van der Waals surface area contributed by atoms with Gasteiger partial charge in [-0.15, -0.1) is 0 Å². The first-order valence-electron chi connectivity index (χ1n) is 11.2. The molecule has 10 heteroatoms. The fourth-order valence-electron chi connectivity index (χ4n) is 5.27. The Morgan fingerprint density at radius 3 is 2.51 bits per heavy atom. The fraction of sp³-hybridized carbons (Fsp3) is 0.240. The van der Waals surface area contributed by atoms with Crippen LogP contribution in [-0.4, -0.2) is 33.9 Å². The van der Waals surface area contributed by atoms with E-state index in [-0.39, 0.29) is 22.0 Å². The summed E-state index contributed by atoms with van der Waals surface area (Å²) < 4.78 is 27.6. The number of nitrogens with zero attached hydrogens (tertiary/aromatic N) is 4. The van der Waals surface area contributed by atoms with Crippen LogP contribution in [0.1, 0.15) is 24.6 Å². The Kier molecular flexibility index (Phi) is 5.19. The molecule has 0 aliphatic carbocycles. The zero-order valence-corrected chi connectivity index (χ0v) is 19.8. The number of carbonyl (C=O) groups excluding carboxylic acids is 1. The lowest BCUT2D eigenvalue weighted by Gasteiger charge is -2.58. The molecule has 6 nitrogen and oxygen atoms in total. The summed E-state index contributed by atoms with van der Waals surface area (Å²) in [7, 11) is 0. The molecule has 0 bridgehead atoms. The molecule has 178 valence electrons. The zero-order chi connectivity index (χ0) is 24.3. The van der Waals surface area contributed by atoms with Crippen LogP contribution in [0.4, 0.5) is 20.4 Å². The Bertz CT molecular complexity index is 1450. The predicted octanol–water partition coefficient (Wildman–Crippen LogP) is 5.92. The number of β-lactam (4-membered cyclic amide) rings is 1. The van der Waals surface area contributed by atoms with Crippen LogP contribution in [0.5, 0.6) is 0 Å². The van der Waals surface area contributed by atoms with Crippen molar-refractivity contribution in [2.75, 3.05) is 22.9 Å². The van der Waals surface area contributed by atoms with Gasteiger partial charge in [0.25, 0.3) is 0 Å². The number of fused-ring (bicyclic) bond motifs is 1. The van der Waals surface area contributed by atoms with Crippen LogP contribution in [0.15, 0.2) is 54.7 Å². The average Bonchev–Trinajstić information content (AvgIpc) is 3.32. The van der Waals surface area contributed by atoms with Gasteiger partial charge in [-0.25, -0.2) is 13.8 Å². The lowest BCUT2D eigenvalue weighted by atomic mass is 9.63. The number of nitrogens with one attached hydrogen (secondary N) is 1. The van der Waals surface area contributed by atoms with Crippen LogP contribution in [0.3, 0.4) is 0 Å². The molecule has 1 amide bonds. The van der Waals surface area contributed by atoms with Gasteiger partial charge in [0.2, 0.25) is 11.9 Å². The number of amides is 1. The molecule has 1 atom stereocenters. The van der Waals surface area contributed by atoms with Crippen molar-refractivity contribution in [3.63, 3.8) is 0 Å². The summed E-state index contributed by atoms with van der Waals surface area (Å²) in [5.41, 5.74) is 1.69. The summed E-state index contributed by atoms with van der Waals surface area (Å²) >= 11 is 12.1. The highest BCUT2D eigenvalue weighted by atomic mass is 35.5. The molecule has 2 aromatic carbocycles. The molecule has 2 fully saturated rings. The molecule has 0 saturated carbocycles. The predicted molar refractivity (Wildman–Crippen MR) is 131 cm³/mol. The monoisotopic (exact) mass is 513 g/mol. The maximum Gasteiger partial charge on any atom is 0.236 e. The molecule has 2 aromatic heterocycles. The van der Waals surface area contributed by atoms with Crippen molar-refractivity contribution < 1.29 is 13.6 Å². The van der Waals surface area contributed by atoms with Crippen LogP contribution in [0, 0.1) is 17.0 Å². The van der Waals surface area contributed by atoms with Crippen LogP contribution >= 0.6 is 23.2 Å². The molecule has 4 aromatic rings. The number of carbonyl (C=O) groups is 1.